The van der Waals surface area contributed by atoms with Gasteiger partial charge in [0.05, 0.1) is 16.9 Å². The molecule has 38 heavy (non-hydrogen) atoms. The molecule has 2 aliphatic rings. The van der Waals surface area contributed by atoms with Crippen LogP contribution in [-0.4, -0.2) is 39.7 Å². The second-order valence-corrected chi connectivity index (χ2v) is 11.5. The zero-order valence-corrected chi connectivity index (χ0v) is 23.2. The zero-order valence-electron chi connectivity index (χ0n) is 22.5. The van der Waals surface area contributed by atoms with Crippen LogP contribution in [0.2, 0.25) is 5.02 Å². The summed E-state index contributed by atoms with van der Waals surface area (Å²) in [5.74, 6) is 0.954. The molecule has 1 saturated heterocycles. The predicted octanol–water partition coefficient (Wildman–Crippen LogP) is 6.30. The number of nitrogens with zero attached hydrogens (tertiary/aromatic N) is 2. The normalized spacial score (nSPS) is 22.9. The van der Waals surface area contributed by atoms with Crippen molar-refractivity contribution in [3.05, 3.63) is 99.8 Å². The molecule has 2 unspecified atom stereocenters. The molecule has 2 N–H and O–H groups in total. The Kier molecular flexibility index (Phi) is 7.65. The molecule has 2 aromatic carbocycles. The summed E-state index contributed by atoms with van der Waals surface area (Å²) in [6, 6.07) is 17.7. The molecule has 0 aliphatic carbocycles. The standard InChI is InChI=1S/C32H37ClN2O3/c1-4-22-20-35(18-15-32(22,37)23-9-12-25(33)13-10-23)17-6-8-26-27-7-5-16-34-29(27)21-38-30-14-11-24(19-28(26)30)31(2,3)36/h5,7-14,16,19,22,36-37H,4,6,15,17-18,20-21H2,1-3H3/b26-8-. The molecule has 0 amide bonds. The van der Waals surface area contributed by atoms with Gasteiger partial charge in [0.2, 0.25) is 0 Å². The predicted molar refractivity (Wildman–Crippen MR) is 152 cm³/mol. The maximum absolute atomic E-state index is 11.7. The number of rotatable bonds is 6. The fraction of sp³-hybridized carbons (Fsp3) is 0.406. The molecule has 1 fully saturated rings. The van der Waals surface area contributed by atoms with Gasteiger partial charge in [-0.2, -0.15) is 0 Å². The quantitative estimate of drug-likeness (QED) is 0.390. The number of fused-ring (bicyclic) bond motifs is 2. The first-order valence-electron chi connectivity index (χ1n) is 13.5. The van der Waals surface area contributed by atoms with Crippen LogP contribution in [0.4, 0.5) is 0 Å². The van der Waals surface area contributed by atoms with Crippen LogP contribution in [0.1, 0.15) is 68.0 Å². The summed E-state index contributed by atoms with van der Waals surface area (Å²) < 4.78 is 6.14. The smallest absolute Gasteiger partial charge is 0.131 e. The van der Waals surface area contributed by atoms with Gasteiger partial charge in [-0.25, -0.2) is 0 Å². The summed E-state index contributed by atoms with van der Waals surface area (Å²) in [5, 5.41) is 23.0. The first-order valence-corrected chi connectivity index (χ1v) is 13.9. The van der Waals surface area contributed by atoms with Crippen molar-refractivity contribution in [1.82, 2.24) is 9.88 Å². The van der Waals surface area contributed by atoms with Crippen LogP contribution in [0.25, 0.3) is 5.57 Å². The van der Waals surface area contributed by atoms with Crippen LogP contribution < -0.4 is 4.74 Å². The zero-order chi connectivity index (χ0) is 26.9. The maximum atomic E-state index is 11.7. The molecule has 6 heteroatoms. The van der Waals surface area contributed by atoms with Gasteiger partial charge in [-0.05, 0) is 80.1 Å². The van der Waals surface area contributed by atoms with E-state index in [4.69, 9.17) is 16.3 Å². The lowest BCUT2D eigenvalue weighted by Crippen LogP contribution is -2.50. The highest BCUT2D eigenvalue weighted by Gasteiger charge is 2.41. The number of hydrogen-bond donors (Lipinski definition) is 2. The highest BCUT2D eigenvalue weighted by Crippen LogP contribution is 2.41. The number of aromatic nitrogens is 1. The van der Waals surface area contributed by atoms with E-state index in [1.807, 2.05) is 48.5 Å². The number of ether oxygens (including phenoxy) is 1. The minimum Gasteiger partial charge on any atom is -0.487 e. The van der Waals surface area contributed by atoms with Gasteiger partial charge in [0.15, 0.2) is 0 Å². The van der Waals surface area contributed by atoms with Gasteiger partial charge in [-0.1, -0.05) is 48.9 Å². The monoisotopic (exact) mass is 532 g/mol. The Balaban J connectivity index is 1.38. The summed E-state index contributed by atoms with van der Waals surface area (Å²) in [5.41, 5.74) is 4.08. The SMILES string of the molecule is CCC1CN(CC/C=C2\c3cc(C(C)(C)O)ccc3OCc3ncccc32)CCC1(O)c1ccc(Cl)cc1. The van der Waals surface area contributed by atoms with Crippen LogP contribution in [-0.2, 0) is 17.8 Å². The number of hydrogen-bond acceptors (Lipinski definition) is 5. The Hall–Kier alpha value is -2.70. The van der Waals surface area contributed by atoms with Crippen molar-refractivity contribution in [3.8, 4) is 5.75 Å². The van der Waals surface area contributed by atoms with E-state index in [0.29, 0.717) is 18.1 Å². The number of likely N-dealkylation sites (tertiary alicyclic amines) is 1. The molecular weight excluding hydrogens is 496 g/mol. The van der Waals surface area contributed by atoms with E-state index >= 15 is 0 Å². The second-order valence-electron chi connectivity index (χ2n) is 11.0. The minimum atomic E-state index is -0.950. The molecule has 2 atom stereocenters. The van der Waals surface area contributed by atoms with Crippen molar-refractivity contribution in [3.63, 3.8) is 0 Å². The molecule has 5 rings (SSSR count). The first kappa shape index (κ1) is 26.9. The highest BCUT2D eigenvalue weighted by atomic mass is 35.5. The van der Waals surface area contributed by atoms with E-state index in [9.17, 15) is 10.2 Å². The Bertz CT molecular complexity index is 1320. The van der Waals surface area contributed by atoms with Gasteiger partial charge in [0.1, 0.15) is 12.4 Å². The van der Waals surface area contributed by atoms with Gasteiger partial charge < -0.3 is 19.8 Å². The Labute approximate surface area is 230 Å². The van der Waals surface area contributed by atoms with E-state index in [0.717, 1.165) is 71.7 Å². The van der Waals surface area contributed by atoms with Crippen molar-refractivity contribution in [2.45, 2.75) is 57.8 Å². The summed E-state index contributed by atoms with van der Waals surface area (Å²) in [4.78, 5) is 7.05. The Morgan fingerprint density at radius 2 is 1.95 bits per heavy atom. The van der Waals surface area contributed by atoms with E-state index in [2.05, 4.69) is 29.0 Å². The molecular formula is C32H37ClN2O3. The lowest BCUT2D eigenvalue weighted by Gasteiger charge is -2.45. The van der Waals surface area contributed by atoms with Crippen LogP contribution in [0, 0.1) is 5.92 Å². The van der Waals surface area contributed by atoms with Gasteiger partial charge in [0.25, 0.3) is 0 Å². The molecule has 5 nitrogen and oxygen atoms in total. The number of piperidine rings is 1. The Morgan fingerprint density at radius 1 is 1.16 bits per heavy atom. The van der Waals surface area contributed by atoms with E-state index in [1.54, 1.807) is 20.0 Å². The van der Waals surface area contributed by atoms with E-state index in [-0.39, 0.29) is 5.92 Å². The van der Waals surface area contributed by atoms with Crippen LogP contribution in [0.15, 0.2) is 66.9 Å². The molecule has 2 aliphatic heterocycles. The molecule has 1 aromatic heterocycles. The fourth-order valence-corrected chi connectivity index (χ4v) is 5.95. The summed E-state index contributed by atoms with van der Waals surface area (Å²) in [6.07, 6.45) is 6.54. The van der Waals surface area contributed by atoms with Crippen molar-refractivity contribution in [2.24, 2.45) is 5.92 Å². The average molecular weight is 533 g/mol. The second kappa shape index (κ2) is 10.8. The van der Waals surface area contributed by atoms with Gasteiger partial charge in [-0.3, -0.25) is 4.98 Å². The first-order chi connectivity index (χ1) is 18.2. The van der Waals surface area contributed by atoms with Crippen molar-refractivity contribution in [2.75, 3.05) is 19.6 Å². The van der Waals surface area contributed by atoms with Crippen LogP contribution in [0.5, 0.6) is 5.75 Å². The number of aliphatic hydroxyl groups is 2. The minimum absolute atomic E-state index is 0.149. The molecule has 200 valence electrons. The average Bonchev–Trinajstić information content (AvgIpc) is 3.06. The molecule has 0 saturated carbocycles. The Morgan fingerprint density at radius 3 is 2.68 bits per heavy atom. The van der Waals surface area contributed by atoms with Crippen LogP contribution >= 0.6 is 11.6 Å². The molecule has 0 bridgehead atoms. The van der Waals surface area contributed by atoms with Gasteiger partial charge in [-0.15, -0.1) is 0 Å². The van der Waals surface area contributed by atoms with Gasteiger partial charge >= 0.3 is 0 Å². The number of halogens is 1. The maximum Gasteiger partial charge on any atom is 0.131 e. The summed E-state index contributed by atoms with van der Waals surface area (Å²) >= 11 is 6.10. The largest absolute Gasteiger partial charge is 0.487 e. The van der Waals surface area contributed by atoms with Crippen LogP contribution in [0.3, 0.4) is 0 Å². The lowest BCUT2D eigenvalue weighted by molar-refractivity contribution is -0.0789. The number of benzene rings is 2. The third-order valence-electron chi connectivity index (χ3n) is 8.11. The van der Waals surface area contributed by atoms with Gasteiger partial charge in [0, 0.05) is 47.9 Å². The molecule has 3 aromatic rings. The summed E-state index contributed by atoms with van der Waals surface area (Å²) in [7, 11) is 0. The third kappa shape index (κ3) is 5.39. The van der Waals surface area contributed by atoms with E-state index in [1.165, 1.54) is 0 Å². The van der Waals surface area contributed by atoms with E-state index < -0.39 is 11.2 Å². The molecule has 0 radical (unpaired) electrons. The lowest BCUT2D eigenvalue weighted by atomic mass is 9.74. The third-order valence-corrected chi connectivity index (χ3v) is 8.37. The van der Waals surface area contributed by atoms with Crippen molar-refractivity contribution in [1.29, 1.82) is 0 Å². The number of pyridine rings is 1. The van der Waals surface area contributed by atoms with Crippen molar-refractivity contribution < 1.29 is 14.9 Å². The molecule has 3 heterocycles. The topological polar surface area (TPSA) is 65.8 Å². The van der Waals surface area contributed by atoms with Crippen molar-refractivity contribution >= 4 is 17.2 Å². The molecule has 0 spiro atoms. The highest BCUT2D eigenvalue weighted by molar-refractivity contribution is 6.30. The summed E-state index contributed by atoms with van der Waals surface area (Å²) in [6.45, 7) is 8.75. The fourth-order valence-electron chi connectivity index (χ4n) is 5.82.